The summed E-state index contributed by atoms with van der Waals surface area (Å²) in [5.74, 6) is -0.179. The maximum Gasteiger partial charge on any atom is 0.123 e. The van der Waals surface area contributed by atoms with Gasteiger partial charge >= 0.3 is 0 Å². The summed E-state index contributed by atoms with van der Waals surface area (Å²) in [6.45, 7) is 7.01. The van der Waals surface area contributed by atoms with Gasteiger partial charge in [-0.3, -0.25) is 4.90 Å². The van der Waals surface area contributed by atoms with E-state index in [2.05, 4.69) is 24.8 Å². The summed E-state index contributed by atoms with van der Waals surface area (Å²) in [6.07, 6.45) is 0.991. The molecule has 3 rings (SSSR count). The van der Waals surface area contributed by atoms with Crippen molar-refractivity contribution in [3.8, 4) is 0 Å². The van der Waals surface area contributed by atoms with E-state index in [1.807, 2.05) is 12.1 Å². The zero-order valence-corrected chi connectivity index (χ0v) is 12.6. The van der Waals surface area contributed by atoms with E-state index >= 15 is 0 Å². The maximum absolute atomic E-state index is 13.0. The number of rotatable bonds is 2. The second kappa shape index (κ2) is 5.49. The molecule has 0 radical (unpaired) electrons. The van der Waals surface area contributed by atoms with E-state index in [0.717, 1.165) is 37.3 Å². The molecule has 0 aromatic heterocycles. The Morgan fingerprint density at radius 3 is 2.52 bits per heavy atom. The summed E-state index contributed by atoms with van der Waals surface area (Å²) in [5, 5.41) is 0. The topological polar surface area (TPSA) is 29.3 Å². The van der Waals surface area contributed by atoms with E-state index in [1.165, 1.54) is 34.4 Å². The van der Waals surface area contributed by atoms with Crippen molar-refractivity contribution < 1.29 is 4.39 Å². The van der Waals surface area contributed by atoms with Crippen LogP contribution in [0, 0.1) is 19.7 Å². The van der Waals surface area contributed by atoms with Gasteiger partial charge in [-0.25, -0.2) is 4.39 Å². The van der Waals surface area contributed by atoms with Gasteiger partial charge in [-0.1, -0.05) is 18.2 Å². The number of hydrogen-bond donors (Lipinski definition) is 1. The Kier molecular flexibility index (Phi) is 3.68. The van der Waals surface area contributed by atoms with E-state index in [9.17, 15) is 4.39 Å². The molecular weight excluding hydrogens is 263 g/mol. The average Bonchev–Trinajstić information content (AvgIpc) is 2.47. The largest absolute Gasteiger partial charge is 0.398 e. The standard InChI is InChI=1S/C18H21FN2/c1-12-9-13(2)18(20)16-7-8-21(11-17(12)16)10-14-3-5-15(19)6-4-14/h3-6,9H,7-8,10-11,20H2,1-2H3. The molecule has 0 aliphatic carbocycles. The number of hydrogen-bond acceptors (Lipinski definition) is 2. The second-order valence-electron chi connectivity index (χ2n) is 5.97. The molecule has 1 aliphatic rings. The van der Waals surface area contributed by atoms with E-state index < -0.39 is 0 Å². The van der Waals surface area contributed by atoms with Crippen LogP contribution in [0.3, 0.4) is 0 Å². The monoisotopic (exact) mass is 284 g/mol. The fraction of sp³-hybridized carbons (Fsp3) is 0.333. The van der Waals surface area contributed by atoms with Gasteiger partial charge in [-0.15, -0.1) is 0 Å². The molecule has 2 nitrogen and oxygen atoms in total. The molecular formula is C18H21FN2. The highest BCUT2D eigenvalue weighted by molar-refractivity contribution is 5.59. The van der Waals surface area contributed by atoms with Crippen LogP contribution < -0.4 is 5.73 Å². The number of aryl methyl sites for hydroxylation is 2. The van der Waals surface area contributed by atoms with Gasteiger partial charge in [-0.05, 0) is 60.2 Å². The quantitative estimate of drug-likeness (QED) is 0.854. The first-order chi connectivity index (χ1) is 10.0. The molecule has 1 aliphatic heterocycles. The third-order valence-electron chi connectivity index (χ3n) is 4.40. The maximum atomic E-state index is 13.0. The second-order valence-corrected chi connectivity index (χ2v) is 5.97. The number of benzene rings is 2. The van der Waals surface area contributed by atoms with Crippen molar-refractivity contribution in [3.05, 3.63) is 64.0 Å². The van der Waals surface area contributed by atoms with Crippen LogP contribution in [0.1, 0.15) is 27.8 Å². The van der Waals surface area contributed by atoms with E-state index in [-0.39, 0.29) is 5.82 Å². The highest BCUT2D eigenvalue weighted by atomic mass is 19.1. The molecule has 0 bridgehead atoms. The van der Waals surface area contributed by atoms with Gasteiger partial charge in [-0.2, -0.15) is 0 Å². The number of anilines is 1. The highest BCUT2D eigenvalue weighted by Crippen LogP contribution is 2.30. The van der Waals surface area contributed by atoms with Crippen LogP contribution in [0.4, 0.5) is 10.1 Å². The van der Waals surface area contributed by atoms with Crippen LogP contribution in [-0.4, -0.2) is 11.4 Å². The molecule has 1 heterocycles. The lowest BCUT2D eigenvalue weighted by atomic mass is 9.91. The number of nitrogen functional groups attached to an aromatic ring is 1. The van der Waals surface area contributed by atoms with Crippen molar-refractivity contribution in [1.29, 1.82) is 0 Å². The number of nitrogens with zero attached hydrogens (tertiary/aromatic N) is 1. The van der Waals surface area contributed by atoms with Crippen molar-refractivity contribution >= 4 is 5.69 Å². The summed E-state index contributed by atoms with van der Waals surface area (Å²) in [6, 6.07) is 8.96. The molecule has 3 heteroatoms. The highest BCUT2D eigenvalue weighted by Gasteiger charge is 2.21. The van der Waals surface area contributed by atoms with Crippen molar-refractivity contribution in [2.75, 3.05) is 12.3 Å². The first-order valence-electron chi connectivity index (χ1n) is 7.39. The minimum Gasteiger partial charge on any atom is -0.398 e. The SMILES string of the molecule is Cc1cc(C)c2c(c1N)CCN(Cc1ccc(F)cc1)C2. The smallest absolute Gasteiger partial charge is 0.123 e. The first-order valence-corrected chi connectivity index (χ1v) is 7.39. The van der Waals surface area contributed by atoms with E-state index in [0.29, 0.717) is 0 Å². The molecule has 2 aromatic carbocycles. The lowest BCUT2D eigenvalue weighted by Gasteiger charge is -2.31. The minimum atomic E-state index is -0.179. The van der Waals surface area contributed by atoms with Crippen molar-refractivity contribution in [3.63, 3.8) is 0 Å². The van der Waals surface area contributed by atoms with Crippen LogP contribution in [0.25, 0.3) is 0 Å². The molecule has 110 valence electrons. The molecule has 0 saturated heterocycles. The first kappa shape index (κ1) is 14.1. The summed E-state index contributed by atoms with van der Waals surface area (Å²) in [5.41, 5.74) is 13.5. The van der Waals surface area contributed by atoms with Gasteiger partial charge in [0.2, 0.25) is 0 Å². The van der Waals surface area contributed by atoms with Gasteiger partial charge in [0, 0.05) is 25.3 Å². The lowest BCUT2D eigenvalue weighted by molar-refractivity contribution is 0.245. The molecule has 0 amide bonds. The minimum absolute atomic E-state index is 0.179. The molecule has 2 aromatic rings. The van der Waals surface area contributed by atoms with Gasteiger partial charge < -0.3 is 5.73 Å². The van der Waals surface area contributed by atoms with Crippen molar-refractivity contribution in [2.24, 2.45) is 0 Å². The van der Waals surface area contributed by atoms with Crippen LogP contribution in [0.15, 0.2) is 30.3 Å². The van der Waals surface area contributed by atoms with E-state index in [4.69, 9.17) is 5.73 Å². The number of nitrogens with two attached hydrogens (primary N) is 1. The Balaban J connectivity index is 1.81. The predicted molar refractivity (Wildman–Crippen MR) is 84.5 cm³/mol. The van der Waals surface area contributed by atoms with E-state index in [1.54, 1.807) is 0 Å². The molecule has 0 spiro atoms. The molecule has 0 saturated carbocycles. The summed E-state index contributed by atoms with van der Waals surface area (Å²) < 4.78 is 13.0. The van der Waals surface area contributed by atoms with Crippen LogP contribution in [0.5, 0.6) is 0 Å². The Morgan fingerprint density at radius 2 is 1.81 bits per heavy atom. The van der Waals surface area contributed by atoms with Crippen LogP contribution in [0.2, 0.25) is 0 Å². The molecule has 0 unspecified atom stereocenters. The molecule has 2 N–H and O–H groups in total. The Hall–Kier alpha value is -1.87. The van der Waals surface area contributed by atoms with Crippen molar-refractivity contribution in [2.45, 2.75) is 33.4 Å². The van der Waals surface area contributed by atoms with Gasteiger partial charge in [0.1, 0.15) is 5.82 Å². The Bertz CT molecular complexity index is 662. The molecule has 0 atom stereocenters. The Morgan fingerprint density at radius 1 is 1.10 bits per heavy atom. The van der Waals surface area contributed by atoms with Crippen LogP contribution >= 0.6 is 0 Å². The third kappa shape index (κ3) is 2.79. The zero-order chi connectivity index (χ0) is 15.0. The van der Waals surface area contributed by atoms with Crippen molar-refractivity contribution in [1.82, 2.24) is 4.90 Å². The normalized spacial score (nSPS) is 15.0. The Labute approximate surface area is 125 Å². The summed E-state index contributed by atoms with van der Waals surface area (Å²) >= 11 is 0. The summed E-state index contributed by atoms with van der Waals surface area (Å²) in [4.78, 5) is 2.40. The fourth-order valence-electron chi connectivity index (χ4n) is 3.19. The predicted octanol–water partition coefficient (Wildman–Crippen LogP) is 3.58. The lowest BCUT2D eigenvalue weighted by Crippen LogP contribution is -2.31. The van der Waals surface area contributed by atoms with Gasteiger partial charge in [0.25, 0.3) is 0 Å². The average molecular weight is 284 g/mol. The zero-order valence-electron chi connectivity index (χ0n) is 12.6. The third-order valence-corrected chi connectivity index (χ3v) is 4.40. The summed E-state index contributed by atoms with van der Waals surface area (Å²) in [7, 11) is 0. The fourth-order valence-corrected chi connectivity index (χ4v) is 3.19. The van der Waals surface area contributed by atoms with Gasteiger partial charge in [0.05, 0.1) is 0 Å². The molecule has 0 fully saturated rings. The van der Waals surface area contributed by atoms with Gasteiger partial charge in [0.15, 0.2) is 0 Å². The molecule has 21 heavy (non-hydrogen) atoms. The van der Waals surface area contributed by atoms with Crippen LogP contribution in [-0.2, 0) is 19.5 Å². The number of halogens is 1. The number of fused-ring (bicyclic) bond motifs is 1.